The fourth-order valence-electron chi connectivity index (χ4n) is 3.33. The van der Waals surface area contributed by atoms with Gasteiger partial charge in [-0.2, -0.15) is 0 Å². The Morgan fingerprint density at radius 1 is 1.20 bits per heavy atom. The summed E-state index contributed by atoms with van der Waals surface area (Å²) in [5, 5.41) is 0. The van der Waals surface area contributed by atoms with Gasteiger partial charge < -0.3 is 9.15 Å². The van der Waals surface area contributed by atoms with Gasteiger partial charge in [-0.25, -0.2) is 0 Å². The number of ether oxygens (including phenoxy) is 1. The van der Waals surface area contributed by atoms with E-state index in [-0.39, 0.29) is 18.3 Å². The molecule has 2 unspecified atom stereocenters. The van der Waals surface area contributed by atoms with Crippen LogP contribution in [0.25, 0.3) is 5.57 Å². The molecule has 1 aliphatic carbocycles. The number of hydrogen-bond acceptors (Lipinski definition) is 4. The monoisotopic (exact) mass is 338 g/mol. The van der Waals surface area contributed by atoms with Gasteiger partial charge in [0.2, 0.25) is 0 Å². The van der Waals surface area contributed by atoms with Gasteiger partial charge in [0.15, 0.2) is 5.78 Å². The molecule has 0 aliphatic heterocycles. The van der Waals surface area contributed by atoms with Crippen molar-refractivity contribution >= 4 is 17.3 Å². The number of benzene rings is 1. The molecule has 0 radical (unpaired) electrons. The zero-order chi connectivity index (χ0) is 17.8. The first kappa shape index (κ1) is 17.2. The first-order valence-corrected chi connectivity index (χ1v) is 8.67. The standard InChI is InChI=1S/C21H22O4/c1-3-14-7-9-15(10-8-14)17-12-16(19-6-5-11-25-19)13-18(22)20(17)21(23)24-4-2/h5-11,13,17,20H,3-4,12H2,1-2H3. The van der Waals surface area contributed by atoms with Gasteiger partial charge in [-0.15, -0.1) is 0 Å². The minimum Gasteiger partial charge on any atom is -0.465 e. The first-order valence-electron chi connectivity index (χ1n) is 8.67. The molecule has 2 atom stereocenters. The number of ketones is 1. The molecule has 25 heavy (non-hydrogen) atoms. The quantitative estimate of drug-likeness (QED) is 0.607. The van der Waals surface area contributed by atoms with Crippen LogP contribution in [0.2, 0.25) is 0 Å². The van der Waals surface area contributed by atoms with E-state index in [0.29, 0.717) is 12.2 Å². The molecule has 0 amide bonds. The number of carbonyl (C=O) groups excluding carboxylic acids is 2. The number of furan rings is 1. The fraction of sp³-hybridized carbons (Fsp3) is 0.333. The largest absolute Gasteiger partial charge is 0.465 e. The van der Waals surface area contributed by atoms with Gasteiger partial charge in [-0.1, -0.05) is 31.2 Å². The fourth-order valence-corrected chi connectivity index (χ4v) is 3.33. The van der Waals surface area contributed by atoms with Gasteiger partial charge in [-0.3, -0.25) is 9.59 Å². The lowest BCUT2D eigenvalue weighted by atomic mass is 9.74. The molecule has 130 valence electrons. The van der Waals surface area contributed by atoms with E-state index in [1.807, 2.05) is 30.3 Å². The minimum absolute atomic E-state index is 0.222. The summed E-state index contributed by atoms with van der Waals surface area (Å²) < 4.78 is 10.6. The van der Waals surface area contributed by atoms with Crippen molar-refractivity contribution in [2.45, 2.75) is 32.6 Å². The van der Waals surface area contributed by atoms with Crippen molar-refractivity contribution in [2.24, 2.45) is 5.92 Å². The summed E-state index contributed by atoms with van der Waals surface area (Å²) in [4.78, 5) is 25.1. The Hall–Kier alpha value is -2.62. The Kier molecular flexibility index (Phi) is 5.17. The molecule has 0 saturated carbocycles. The van der Waals surface area contributed by atoms with Crippen molar-refractivity contribution in [3.63, 3.8) is 0 Å². The molecule has 0 saturated heterocycles. The first-order chi connectivity index (χ1) is 12.1. The topological polar surface area (TPSA) is 56.5 Å². The molecule has 0 bridgehead atoms. The van der Waals surface area contributed by atoms with E-state index in [1.165, 1.54) is 11.6 Å². The molecule has 3 rings (SSSR count). The molecule has 2 aromatic rings. The van der Waals surface area contributed by atoms with Gasteiger partial charge in [0.1, 0.15) is 11.7 Å². The zero-order valence-corrected chi connectivity index (χ0v) is 14.5. The molecule has 1 aromatic heterocycles. The van der Waals surface area contributed by atoms with Crippen molar-refractivity contribution in [3.05, 3.63) is 65.6 Å². The number of allylic oxidation sites excluding steroid dienone is 2. The molecule has 4 heteroatoms. The van der Waals surface area contributed by atoms with Crippen LogP contribution in [0.5, 0.6) is 0 Å². The Labute approximate surface area is 147 Å². The highest BCUT2D eigenvalue weighted by Gasteiger charge is 2.40. The SMILES string of the molecule is CCOC(=O)C1C(=O)C=C(c2ccco2)CC1c1ccc(CC)cc1. The predicted octanol–water partition coefficient (Wildman–Crippen LogP) is 4.16. The van der Waals surface area contributed by atoms with Crippen LogP contribution in [0.15, 0.2) is 53.2 Å². The average molecular weight is 338 g/mol. The maximum atomic E-state index is 12.7. The number of rotatable bonds is 5. The van der Waals surface area contributed by atoms with Crippen LogP contribution in [0.3, 0.4) is 0 Å². The number of carbonyl (C=O) groups is 2. The zero-order valence-electron chi connectivity index (χ0n) is 14.5. The minimum atomic E-state index is -0.800. The van der Waals surface area contributed by atoms with E-state index >= 15 is 0 Å². The molecule has 0 fully saturated rings. The lowest BCUT2D eigenvalue weighted by Crippen LogP contribution is -2.34. The maximum absolute atomic E-state index is 12.7. The molecule has 1 heterocycles. The van der Waals surface area contributed by atoms with Crippen molar-refractivity contribution < 1.29 is 18.7 Å². The normalized spacial score (nSPS) is 20.2. The lowest BCUT2D eigenvalue weighted by molar-refractivity contribution is -0.151. The highest BCUT2D eigenvalue weighted by molar-refractivity contribution is 6.10. The van der Waals surface area contributed by atoms with Gasteiger partial charge in [0.05, 0.1) is 12.9 Å². The van der Waals surface area contributed by atoms with Gasteiger partial charge >= 0.3 is 5.97 Å². The van der Waals surface area contributed by atoms with Crippen LogP contribution in [-0.2, 0) is 20.7 Å². The third-order valence-corrected chi connectivity index (χ3v) is 4.66. The van der Waals surface area contributed by atoms with E-state index in [2.05, 4.69) is 6.92 Å². The molecular formula is C21H22O4. The van der Waals surface area contributed by atoms with E-state index in [9.17, 15) is 9.59 Å². The van der Waals surface area contributed by atoms with Crippen molar-refractivity contribution in [1.82, 2.24) is 0 Å². The summed E-state index contributed by atoms with van der Waals surface area (Å²) in [6.45, 7) is 4.11. The van der Waals surface area contributed by atoms with Crippen LogP contribution < -0.4 is 0 Å². The van der Waals surface area contributed by atoms with Crippen molar-refractivity contribution in [2.75, 3.05) is 6.61 Å². The summed E-state index contributed by atoms with van der Waals surface area (Å²) in [5.74, 6) is -1.05. The Balaban J connectivity index is 1.98. The Morgan fingerprint density at radius 2 is 1.96 bits per heavy atom. The molecular weight excluding hydrogens is 316 g/mol. The predicted molar refractivity (Wildman–Crippen MR) is 95.0 cm³/mol. The van der Waals surface area contributed by atoms with Crippen LogP contribution in [-0.4, -0.2) is 18.4 Å². The van der Waals surface area contributed by atoms with Gasteiger partial charge in [0.25, 0.3) is 0 Å². The van der Waals surface area contributed by atoms with E-state index < -0.39 is 11.9 Å². The second-order valence-corrected chi connectivity index (χ2v) is 6.18. The third-order valence-electron chi connectivity index (χ3n) is 4.66. The third kappa shape index (κ3) is 3.58. The summed E-state index contributed by atoms with van der Waals surface area (Å²) in [6, 6.07) is 11.7. The number of esters is 1. The Morgan fingerprint density at radius 3 is 2.56 bits per heavy atom. The second kappa shape index (κ2) is 7.51. The smallest absolute Gasteiger partial charge is 0.317 e. The lowest BCUT2D eigenvalue weighted by Gasteiger charge is -2.28. The molecule has 1 aliphatic rings. The molecule has 1 aromatic carbocycles. The second-order valence-electron chi connectivity index (χ2n) is 6.18. The van der Waals surface area contributed by atoms with Crippen LogP contribution in [0.1, 0.15) is 43.1 Å². The van der Waals surface area contributed by atoms with Gasteiger partial charge in [-0.05, 0) is 54.7 Å². The van der Waals surface area contributed by atoms with E-state index in [0.717, 1.165) is 17.6 Å². The van der Waals surface area contributed by atoms with Crippen LogP contribution >= 0.6 is 0 Å². The van der Waals surface area contributed by atoms with Gasteiger partial charge in [0, 0.05) is 5.92 Å². The van der Waals surface area contributed by atoms with Crippen molar-refractivity contribution in [1.29, 1.82) is 0 Å². The van der Waals surface area contributed by atoms with Crippen LogP contribution in [0, 0.1) is 5.92 Å². The number of aryl methyl sites for hydroxylation is 1. The Bertz CT molecular complexity index is 769. The molecule has 0 spiro atoms. The molecule has 4 nitrogen and oxygen atoms in total. The van der Waals surface area contributed by atoms with Crippen LogP contribution in [0.4, 0.5) is 0 Å². The number of hydrogen-bond donors (Lipinski definition) is 0. The summed E-state index contributed by atoms with van der Waals surface area (Å²) in [6.07, 6.45) is 4.62. The highest BCUT2D eigenvalue weighted by Crippen LogP contribution is 2.40. The average Bonchev–Trinajstić information content (AvgIpc) is 3.16. The highest BCUT2D eigenvalue weighted by atomic mass is 16.5. The summed E-state index contributed by atoms with van der Waals surface area (Å²) >= 11 is 0. The van der Waals surface area contributed by atoms with Crippen molar-refractivity contribution in [3.8, 4) is 0 Å². The maximum Gasteiger partial charge on any atom is 0.317 e. The molecule has 0 N–H and O–H groups in total. The van der Waals surface area contributed by atoms with E-state index in [4.69, 9.17) is 9.15 Å². The summed E-state index contributed by atoms with van der Waals surface area (Å²) in [7, 11) is 0. The van der Waals surface area contributed by atoms with E-state index in [1.54, 1.807) is 19.3 Å². The summed E-state index contributed by atoms with van der Waals surface area (Å²) in [5.41, 5.74) is 3.02.